The van der Waals surface area contributed by atoms with Gasteiger partial charge in [0.2, 0.25) is 0 Å². The van der Waals surface area contributed by atoms with Crippen LogP contribution in [0.1, 0.15) is 22.8 Å². The van der Waals surface area contributed by atoms with Gasteiger partial charge in [-0.05, 0) is 6.42 Å². The van der Waals surface area contributed by atoms with E-state index in [4.69, 9.17) is 5.11 Å². The number of carbonyl (C=O) groups is 1. The summed E-state index contributed by atoms with van der Waals surface area (Å²) in [6.07, 6.45) is -6.09. The second-order valence-electron chi connectivity index (χ2n) is 4.00. The van der Waals surface area contributed by atoms with Crippen LogP contribution in [0.2, 0.25) is 0 Å². The molecular formula is C10H9F4N3O2. The number of hydrogen-bond donors (Lipinski definition) is 1. The lowest BCUT2D eigenvalue weighted by molar-refractivity contribution is -0.142. The molecule has 0 bridgehead atoms. The number of rotatable bonds is 1. The molecule has 0 saturated carbocycles. The van der Waals surface area contributed by atoms with Crippen LogP contribution in [0.15, 0.2) is 0 Å². The summed E-state index contributed by atoms with van der Waals surface area (Å²) in [6, 6.07) is 0. The quantitative estimate of drug-likeness (QED) is 0.798. The van der Waals surface area contributed by atoms with Crippen molar-refractivity contribution in [1.29, 1.82) is 0 Å². The zero-order valence-corrected chi connectivity index (χ0v) is 9.54. The number of nitrogens with zero attached hydrogens (tertiary/aromatic N) is 3. The maximum Gasteiger partial charge on any atom is 0.433 e. The summed E-state index contributed by atoms with van der Waals surface area (Å²) in [6.45, 7) is -1.59. The van der Waals surface area contributed by atoms with E-state index in [2.05, 4.69) is 9.97 Å². The molecule has 9 heteroatoms. The van der Waals surface area contributed by atoms with Crippen LogP contribution >= 0.6 is 0 Å². The first-order valence-electron chi connectivity index (χ1n) is 5.32. The number of aromatic nitrogens is 2. The van der Waals surface area contributed by atoms with Crippen molar-refractivity contribution >= 4 is 6.09 Å². The minimum Gasteiger partial charge on any atom is -0.465 e. The Morgan fingerprint density at radius 3 is 2.58 bits per heavy atom. The first-order valence-corrected chi connectivity index (χ1v) is 5.32. The van der Waals surface area contributed by atoms with Gasteiger partial charge in [0, 0.05) is 12.1 Å². The van der Waals surface area contributed by atoms with E-state index < -0.39 is 30.5 Å². The van der Waals surface area contributed by atoms with E-state index in [1.165, 1.54) is 0 Å². The molecule has 0 atom stereocenters. The van der Waals surface area contributed by atoms with Crippen molar-refractivity contribution in [3.05, 3.63) is 22.8 Å². The van der Waals surface area contributed by atoms with Crippen molar-refractivity contribution in [2.24, 2.45) is 0 Å². The second-order valence-corrected chi connectivity index (χ2v) is 4.00. The fourth-order valence-electron chi connectivity index (χ4n) is 1.94. The molecule has 1 aromatic heterocycles. The number of fused-ring (bicyclic) bond motifs is 1. The highest BCUT2D eigenvalue weighted by Gasteiger charge is 2.39. The average molecular weight is 279 g/mol. The van der Waals surface area contributed by atoms with E-state index in [-0.39, 0.29) is 30.8 Å². The lowest BCUT2D eigenvalue weighted by Crippen LogP contribution is -2.37. The Morgan fingerprint density at radius 1 is 1.37 bits per heavy atom. The zero-order valence-electron chi connectivity index (χ0n) is 9.54. The summed E-state index contributed by atoms with van der Waals surface area (Å²) in [5, 5.41) is 8.81. The predicted molar refractivity (Wildman–Crippen MR) is 54.0 cm³/mol. The van der Waals surface area contributed by atoms with Gasteiger partial charge in [-0.2, -0.15) is 13.2 Å². The van der Waals surface area contributed by atoms with Gasteiger partial charge in [-0.3, -0.25) is 0 Å². The van der Waals surface area contributed by atoms with Crippen LogP contribution in [0.3, 0.4) is 0 Å². The summed E-state index contributed by atoms with van der Waals surface area (Å²) in [7, 11) is 0. The third kappa shape index (κ3) is 2.59. The SMILES string of the molecule is O=C(O)N1CCc2c(nc(CF)nc2C(F)(F)F)C1. The number of alkyl halides is 4. The molecule has 0 aromatic carbocycles. The molecule has 2 rings (SSSR count). The number of amides is 1. The van der Waals surface area contributed by atoms with Crippen LogP contribution in [0.5, 0.6) is 0 Å². The van der Waals surface area contributed by atoms with E-state index in [0.29, 0.717) is 0 Å². The second kappa shape index (κ2) is 4.63. The Labute approximate surface area is 104 Å². The van der Waals surface area contributed by atoms with Crippen molar-refractivity contribution in [3.8, 4) is 0 Å². The molecule has 5 nitrogen and oxygen atoms in total. The summed E-state index contributed by atoms with van der Waals surface area (Å²) in [5.41, 5.74) is -1.40. The van der Waals surface area contributed by atoms with E-state index in [0.717, 1.165) is 4.90 Å². The predicted octanol–water partition coefficient (Wildman–Crippen LogP) is 2.00. The first-order chi connectivity index (χ1) is 8.82. The van der Waals surface area contributed by atoms with Crippen LogP contribution in [0.4, 0.5) is 22.4 Å². The molecule has 0 unspecified atom stereocenters. The molecule has 2 heterocycles. The van der Waals surface area contributed by atoms with Gasteiger partial charge in [0.1, 0.15) is 6.67 Å². The molecule has 0 spiro atoms. The topological polar surface area (TPSA) is 66.3 Å². The Balaban J connectivity index is 2.49. The van der Waals surface area contributed by atoms with Crippen molar-refractivity contribution in [2.45, 2.75) is 25.8 Å². The maximum absolute atomic E-state index is 12.8. The number of halogens is 4. The Bertz CT molecular complexity index is 518. The standard InChI is InChI=1S/C10H9F4N3O2/c11-3-7-15-6-4-17(9(18)19)2-1-5(6)8(16-7)10(12,13)14/h1-4H2,(H,18,19). The monoisotopic (exact) mass is 279 g/mol. The molecule has 104 valence electrons. The van der Waals surface area contributed by atoms with Crippen LogP contribution < -0.4 is 0 Å². The van der Waals surface area contributed by atoms with E-state index in [1.807, 2.05) is 0 Å². The Kier molecular flexibility index (Phi) is 3.29. The first kappa shape index (κ1) is 13.5. The lowest BCUT2D eigenvalue weighted by Gasteiger charge is -2.27. The molecule has 1 aliphatic heterocycles. The molecule has 1 aliphatic rings. The average Bonchev–Trinajstić information content (AvgIpc) is 2.35. The molecule has 1 N–H and O–H groups in total. The molecule has 0 fully saturated rings. The van der Waals surface area contributed by atoms with Crippen molar-refractivity contribution in [1.82, 2.24) is 14.9 Å². The normalized spacial score (nSPS) is 15.3. The van der Waals surface area contributed by atoms with Crippen molar-refractivity contribution in [2.75, 3.05) is 6.54 Å². The fourth-order valence-corrected chi connectivity index (χ4v) is 1.94. The van der Waals surface area contributed by atoms with Gasteiger partial charge >= 0.3 is 12.3 Å². The van der Waals surface area contributed by atoms with Crippen LogP contribution in [-0.4, -0.2) is 32.6 Å². The molecule has 1 aromatic rings. The van der Waals surface area contributed by atoms with E-state index in [9.17, 15) is 22.4 Å². The minimum atomic E-state index is -4.71. The summed E-state index contributed by atoms with van der Waals surface area (Å²) >= 11 is 0. The Hall–Kier alpha value is -1.93. The molecule has 0 radical (unpaired) electrons. The van der Waals surface area contributed by atoms with Gasteiger partial charge in [-0.15, -0.1) is 0 Å². The summed E-state index contributed by atoms with van der Waals surface area (Å²) < 4.78 is 50.9. The molecule has 0 saturated heterocycles. The van der Waals surface area contributed by atoms with Crippen molar-refractivity contribution in [3.63, 3.8) is 0 Å². The van der Waals surface area contributed by atoms with Crippen LogP contribution in [0.25, 0.3) is 0 Å². The minimum absolute atomic E-state index is 0.0657. The molecule has 19 heavy (non-hydrogen) atoms. The highest BCUT2D eigenvalue weighted by atomic mass is 19.4. The van der Waals surface area contributed by atoms with Gasteiger partial charge in [0.25, 0.3) is 0 Å². The number of carboxylic acid groups (broad SMARTS) is 1. The molecular weight excluding hydrogens is 270 g/mol. The van der Waals surface area contributed by atoms with Gasteiger partial charge in [0.05, 0.1) is 12.2 Å². The van der Waals surface area contributed by atoms with Gasteiger partial charge in [-0.25, -0.2) is 19.2 Å². The van der Waals surface area contributed by atoms with E-state index >= 15 is 0 Å². The van der Waals surface area contributed by atoms with Gasteiger partial charge in [-0.1, -0.05) is 0 Å². The summed E-state index contributed by atoms with van der Waals surface area (Å²) in [4.78, 5) is 18.5. The van der Waals surface area contributed by atoms with Crippen LogP contribution in [0, 0.1) is 0 Å². The zero-order chi connectivity index (χ0) is 14.2. The third-order valence-electron chi connectivity index (χ3n) is 2.77. The van der Waals surface area contributed by atoms with Gasteiger partial charge < -0.3 is 10.0 Å². The van der Waals surface area contributed by atoms with Crippen LogP contribution in [-0.2, 0) is 25.8 Å². The lowest BCUT2D eigenvalue weighted by atomic mass is 10.0. The number of hydrogen-bond acceptors (Lipinski definition) is 3. The Morgan fingerprint density at radius 2 is 2.05 bits per heavy atom. The third-order valence-corrected chi connectivity index (χ3v) is 2.77. The van der Waals surface area contributed by atoms with Gasteiger partial charge in [0.15, 0.2) is 11.5 Å². The molecule has 1 amide bonds. The maximum atomic E-state index is 12.8. The molecule has 0 aliphatic carbocycles. The summed E-state index contributed by atoms with van der Waals surface area (Å²) in [5.74, 6) is -0.585. The highest BCUT2D eigenvalue weighted by Crippen LogP contribution is 2.33. The smallest absolute Gasteiger partial charge is 0.433 e. The van der Waals surface area contributed by atoms with E-state index in [1.54, 1.807) is 0 Å². The van der Waals surface area contributed by atoms with Crippen molar-refractivity contribution < 1.29 is 27.5 Å². The highest BCUT2D eigenvalue weighted by molar-refractivity contribution is 5.65. The fraction of sp³-hybridized carbons (Fsp3) is 0.500. The largest absolute Gasteiger partial charge is 0.465 e.